The second kappa shape index (κ2) is 16.6. The fraction of sp³-hybridized carbons (Fsp3) is 0.957. The summed E-state index contributed by atoms with van der Waals surface area (Å²) in [6.07, 6.45) is -12.6. The van der Waals surface area contributed by atoms with Crippen molar-refractivity contribution in [1.82, 2.24) is 0 Å². The van der Waals surface area contributed by atoms with Crippen molar-refractivity contribution in [3.63, 3.8) is 0 Å². The van der Waals surface area contributed by atoms with E-state index in [1.807, 2.05) is 6.92 Å². The zero-order chi connectivity index (χ0) is 46.3. The van der Waals surface area contributed by atoms with E-state index >= 15 is 0 Å². The van der Waals surface area contributed by atoms with E-state index < -0.39 is 116 Å². The summed E-state index contributed by atoms with van der Waals surface area (Å²) < 4.78 is 51.0. The molecule has 25 atom stereocenters. The first-order chi connectivity index (χ1) is 29.9. The number of fused-ring (bicyclic) bond motifs is 4. The molecular weight excluding hydrogens is 836 g/mol. The van der Waals surface area contributed by atoms with Gasteiger partial charge < -0.3 is 83.9 Å². The Kier molecular flexibility index (Phi) is 12.5. The predicted molar refractivity (Wildman–Crippen MR) is 223 cm³/mol. The van der Waals surface area contributed by atoms with E-state index in [1.165, 1.54) is 6.92 Å². The molecule has 366 valence electrons. The summed E-state index contributed by atoms with van der Waals surface area (Å²) in [5.41, 5.74) is -0.486. The molecule has 9 aliphatic rings. The minimum absolute atomic E-state index is 0.0678. The van der Waals surface area contributed by atoms with Crippen LogP contribution in [0.1, 0.15) is 107 Å². The van der Waals surface area contributed by atoms with E-state index in [2.05, 4.69) is 47.6 Å². The quantitative estimate of drug-likeness (QED) is 0.122. The molecule has 0 aromatic rings. The van der Waals surface area contributed by atoms with Gasteiger partial charge in [-0.3, -0.25) is 0 Å². The van der Waals surface area contributed by atoms with Crippen LogP contribution in [0.4, 0.5) is 0 Å². The normalized spacial score (nSPS) is 57.8. The second-order valence-electron chi connectivity index (χ2n) is 23.0. The molecule has 17 nitrogen and oxygen atoms in total. The molecule has 2 bridgehead atoms. The predicted octanol–water partition coefficient (Wildman–Crippen LogP) is 0.994. The lowest BCUT2D eigenvalue weighted by molar-refractivity contribution is -0.388. The Labute approximate surface area is 376 Å². The van der Waals surface area contributed by atoms with E-state index in [-0.39, 0.29) is 46.7 Å². The van der Waals surface area contributed by atoms with Gasteiger partial charge in [0.25, 0.3) is 0 Å². The monoisotopic (exact) mass is 913 g/mol. The van der Waals surface area contributed by atoms with Gasteiger partial charge in [0.15, 0.2) is 24.7 Å². The third kappa shape index (κ3) is 7.19. The van der Waals surface area contributed by atoms with Gasteiger partial charge >= 0.3 is 0 Å². The minimum Gasteiger partial charge on any atom is -0.394 e. The average molecular weight is 913 g/mol. The van der Waals surface area contributed by atoms with Crippen LogP contribution in [0.15, 0.2) is 11.6 Å². The van der Waals surface area contributed by atoms with Gasteiger partial charge in [0.05, 0.1) is 43.7 Å². The Hall–Kier alpha value is -0.940. The summed E-state index contributed by atoms with van der Waals surface area (Å²) >= 11 is 0. The van der Waals surface area contributed by atoms with Gasteiger partial charge in [0.1, 0.15) is 61.0 Å². The summed E-state index contributed by atoms with van der Waals surface area (Å²) in [6.45, 7) is 16.7. The Morgan fingerprint density at radius 2 is 1.41 bits per heavy atom. The number of allylic oxidation sites excluding steroid dienone is 1. The van der Waals surface area contributed by atoms with Crippen LogP contribution in [-0.2, 0) is 37.9 Å². The lowest BCUT2D eigenvalue weighted by atomic mass is 9.35. The van der Waals surface area contributed by atoms with Crippen LogP contribution in [0.2, 0.25) is 0 Å². The molecule has 2 spiro atoms. The fourth-order valence-electron chi connectivity index (χ4n) is 15.8. The molecule has 0 aromatic carbocycles. The first-order valence-corrected chi connectivity index (χ1v) is 23.9. The van der Waals surface area contributed by atoms with Crippen molar-refractivity contribution >= 4 is 0 Å². The van der Waals surface area contributed by atoms with Gasteiger partial charge in [0.2, 0.25) is 0 Å². The van der Waals surface area contributed by atoms with Crippen LogP contribution in [0.5, 0.6) is 0 Å². The third-order valence-electron chi connectivity index (χ3n) is 18.7. The van der Waals surface area contributed by atoms with Crippen molar-refractivity contribution in [3.05, 3.63) is 11.6 Å². The van der Waals surface area contributed by atoms with Gasteiger partial charge in [-0.25, -0.2) is 0 Å². The molecule has 17 heteroatoms. The number of ether oxygens (including phenoxy) is 8. The molecule has 9 fully saturated rings. The molecule has 5 aliphatic heterocycles. The van der Waals surface area contributed by atoms with Gasteiger partial charge in [-0.1, -0.05) is 39.3 Å². The summed E-state index contributed by atoms with van der Waals surface area (Å²) in [7, 11) is 0. The largest absolute Gasteiger partial charge is 0.394 e. The van der Waals surface area contributed by atoms with Crippen LogP contribution >= 0.6 is 0 Å². The molecule has 64 heavy (non-hydrogen) atoms. The second-order valence-corrected chi connectivity index (χ2v) is 23.0. The molecule has 0 amide bonds. The van der Waals surface area contributed by atoms with Crippen LogP contribution in [0, 0.1) is 45.3 Å². The number of aliphatic hydroxyl groups is 9. The maximum atomic E-state index is 12.2. The standard InChI is InChI=1S/C47H76O17/c1-21(2)15-23-16-45(8,56)38-24-9-10-28-43(6)13-12-29(42(4,5)27(43)11-14-44(28,7)46(24)19-47(38,64-23)58-20-46)61-41-37(63-40-35(55)33(53)31(51)26(17-48)60-40)36(25(49)18-57-41)62-39-34(54)32(52)30(50)22(3)59-39/h15,22-41,48-56H,9-14,16-20H2,1-8H3/t22-,23+,24+,25-,26+,27-,28+,29-,30-,31+,32+,33-,34+,35+,36-,37+,38+,39+,40-,41-,43-,44+,45+,46-,47-/m0/s1. The zero-order valence-corrected chi connectivity index (χ0v) is 38.7. The highest BCUT2D eigenvalue weighted by Gasteiger charge is 2.81. The molecule has 9 N–H and O–H groups in total. The first-order valence-electron chi connectivity index (χ1n) is 23.9. The number of hydrogen-bond acceptors (Lipinski definition) is 17. The van der Waals surface area contributed by atoms with Crippen molar-refractivity contribution in [2.24, 2.45) is 45.3 Å². The van der Waals surface area contributed by atoms with Crippen molar-refractivity contribution in [1.29, 1.82) is 0 Å². The molecule has 4 saturated carbocycles. The highest BCUT2D eigenvalue weighted by atomic mass is 16.8. The Balaban J connectivity index is 0.976. The van der Waals surface area contributed by atoms with Gasteiger partial charge in [-0.2, -0.15) is 0 Å². The molecule has 5 heterocycles. The van der Waals surface area contributed by atoms with Crippen LogP contribution in [0.3, 0.4) is 0 Å². The van der Waals surface area contributed by atoms with Gasteiger partial charge in [-0.15, -0.1) is 0 Å². The molecular formula is C47H76O17. The molecule has 0 aromatic heterocycles. The van der Waals surface area contributed by atoms with Crippen LogP contribution < -0.4 is 0 Å². The third-order valence-corrected chi connectivity index (χ3v) is 18.7. The Morgan fingerprint density at radius 1 is 0.734 bits per heavy atom. The molecule has 0 radical (unpaired) electrons. The maximum absolute atomic E-state index is 12.2. The van der Waals surface area contributed by atoms with Gasteiger partial charge in [-0.05, 0) is 100 Å². The lowest BCUT2D eigenvalue weighted by Crippen LogP contribution is -2.68. The highest BCUT2D eigenvalue weighted by molar-refractivity contribution is 5.26. The summed E-state index contributed by atoms with van der Waals surface area (Å²) in [4.78, 5) is 0. The Bertz CT molecular complexity index is 1740. The van der Waals surface area contributed by atoms with E-state index in [0.717, 1.165) is 44.1 Å². The smallest absolute Gasteiger partial charge is 0.187 e. The zero-order valence-electron chi connectivity index (χ0n) is 38.7. The number of rotatable bonds is 8. The van der Waals surface area contributed by atoms with Crippen LogP contribution in [-0.4, -0.2) is 175 Å². The average Bonchev–Trinajstić information content (AvgIpc) is 3.74. The molecule has 9 rings (SSSR count). The van der Waals surface area contributed by atoms with E-state index in [9.17, 15) is 46.0 Å². The summed E-state index contributed by atoms with van der Waals surface area (Å²) in [5.74, 6) is -0.0474. The molecule has 0 unspecified atom stereocenters. The summed E-state index contributed by atoms with van der Waals surface area (Å²) in [6, 6.07) is 0. The van der Waals surface area contributed by atoms with Crippen molar-refractivity contribution in [2.75, 3.05) is 19.8 Å². The lowest BCUT2D eigenvalue weighted by Gasteiger charge is -2.70. The molecule has 4 aliphatic carbocycles. The maximum Gasteiger partial charge on any atom is 0.187 e. The Morgan fingerprint density at radius 3 is 2.09 bits per heavy atom. The minimum atomic E-state index is -1.80. The number of aliphatic hydroxyl groups excluding tert-OH is 8. The van der Waals surface area contributed by atoms with E-state index in [1.54, 1.807) is 0 Å². The van der Waals surface area contributed by atoms with Gasteiger partial charge in [0, 0.05) is 24.2 Å². The summed E-state index contributed by atoms with van der Waals surface area (Å²) in [5, 5.41) is 97.8. The van der Waals surface area contributed by atoms with Crippen molar-refractivity contribution in [3.8, 4) is 0 Å². The van der Waals surface area contributed by atoms with E-state index in [4.69, 9.17) is 37.9 Å². The number of hydrogen-bond donors (Lipinski definition) is 9. The van der Waals surface area contributed by atoms with E-state index in [0.29, 0.717) is 25.4 Å². The molecule has 5 saturated heterocycles. The first kappa shape index (κ1) is 48.1. The van der Waals surface area contributed by atoms with Crippen molar-refractivity contribution < 1.29 is 83.9 Å². The van der Waals surface area contributed by atoms with Crippen molar-refractivity contribution in [2.45, 2.75) is 216 Å². The SMILES string of the molecule is CC(C)=C[C@@H]1C[C@@](C)(O)[C@H]2[C@H]3CC[C@@H]4[C@@]5(C)CC[C@H](O[C@@H]6OC[C@H](O)[C@H](O[C@H]7O[C@@H](C)[C@H](O)[C@@H](O)[C@H]7O)[C@H]6O[C@@H]6O[C@H](CO)[C@@H](O)[C@H](O)[C@H]6O)C(C)(C)[C@@H]5CC[C@@]4(C)[C@@]34CO[C@@]2(C4)O1. The topological polar surface area (TPSA) is 256 Å². The fourth-order valence-corrected chi connectivity index (χ4v) is 15.8. The van der Waals surface area contributed by atoms with Crippen LogP contribution in [0.25, 0.3) is 0 Å². The highest BCUT2D eigenvalue weighted by Crippen LogP contribution is 2.80.